The highest BCUT2D eigenvalue weighted by Gasteiger charge is 3.03. The summed E-state index contributed by atoms with van der Waals surface area (Å²) in [5.74, 6) is -4.32. The van der Waals surface area contributed by atoms with E-state index in [-0.39, 0.29) is 6.42 Å². The molecule has 0 aromatic carbocycles. The molecule has 0 bridgehead atoms. The maximum atomic E-state index is 13.4. The fourth-order valence-electron chi connectivity index (χ4n) is 8.12. The topological polar surface area (TPSA) is 149 Å². The molecule has 2 aliphatic carbocycles. The Kier molecular flexibility index (Phi) is 2.97. The van der Waals surface area contributed by atoms with Crippen LogP contribution in [0.5, 0.6) is 0 Å². The van der Waals surface area contributed by atoms with Crippen LogP contribution in [0, 0.1) is 28.1 Å². The van der Waals surface area contributed by atoms with Crippen LogP contribution in [0.2, 0.25) is 0 Å². The molecule has 0 unspecified atom stereocenters. The Bertz CT molecular complexity index is 925. The van der Waals surface area contributed by atoms with Crippen molar-refractivity contribution in [2.75, 3.05) is 0 Å². The number of carbonyl (C=O) groups excluding carboxylic acids is 3. The van der Waals surface area contributed by atoms with Crippen LogP contribution in [0.1, 0.15) is 34.1 Å². The second-order valence-electron chi connectivity index (χ2n) is 10.7. The van der Waals surface area contributed by atoms with Gasteiger partial charge in [-0.25, -0.2) is 9.59 Å². The molecule has 6 rings (SSSR count). The molecule has 6 fully saturated rings. The minimum Gasteiger partial charge on any atom is -0.459 e. The maximum absolute atomic E-state index is 13.4. The Morgan fingerprint density at radius 3 is 2.33 bits per heavy atom. The Hall–Kier alpha value is -1.75. The van der Waals surface area contributed by atoms with E-state index in [0.717, 1.165) is 0 Å². The second kappa shape index (κ2) is 4.69. The minimum absolute atomic E-state index is 0.229. The van der Waals surface area contributed by atoms with Gasteiger partial charge in [0.1, 0.15) is 12.2 Å². The molecule has 10 heteroatoms. The number of fused-ring (bicyclic) bond motifs is 1. The summed E-state index contributed by atoms with van der Waals surface area (Å²) in [6, 6.07) is 0. The van der Waals surface area contributed by atoms with Crippen LogP contribution >= 0.6 is 0 Å². The van der Waals surface area contributed by atoms with Gasteiger partial charge in [0, 0.05) is 0 Å². The number of rotatable bonds is 0. The first-order valence-corrected chi connectivity index (χ1v) is 10.2. The zero-order chi connectivity index (χ0) is 21.8. The molecule has 10 nitrogen and oxygen atoms in total. The molecule has 11 atom stereocenters. The Morgan fingerprint density at radius 2 is 1.70 bits per heavy atom. The van der Waals surface area contributed by atoms with Crippen molar-refractivity contribution in [2.24, 2.45) is 28.1 Å². The normalized spacial score (nSPS) is 60.1. The summed E-state index contributed by atoms with van der Waals surface area (Å²) in [6.45, 7) is 7.14. The predicted octanol–water partition coefficient (Wildman–Crippen LogP) is -1.37. The summed E-state index contributed by atoms with van der Waals surface area (Å²) >= 11 is 0. The van der Waals surface area contributed by atoms with E-state index in [1.807, 2.05) is 20.8 Å². The van der Waals surface area contributed by atoms with Gasteiger partial charge in [-0.3, -0.25) is 4.79 Å². The summed E-state index contributed by atoms with van der Waals surface area (Å²) in [4.78, 5) is 38.2. The highest BCUT2D eigenvalue weighted by atomic mass is 16.8. The van der Waals surface area contributed by atoms with E-state index < -0.39 is 87.9 Å². The number of hydrogen-bond donors (Lipinski definition) is 3. The first-order valence-electron chi connectivity index (χ1n) is 10.2. The molecule has 4 heterocycles. The standard InChI is InChI=1S/C20H24O10/c1-6-12(23)28-11-9(21)18-8-5-7(16(2,3)4)17(18)10(22)13(24)29-15(17)30-20(18,14(25)27-8)19(6,11)26/h6-11,15,21-22,26H,5H2,1-4H3/t6-,7+,8-,9+,10-,11+,15+,17-,18-,19-,20+/m1/s1. The van der Waals surface area contributed by atoms with Crippen molar-refractivity contribution < 1.29 is 48.7 Å². The third-order valence-corrected chi connectivity index (χ3v) is 9.00. The number of carbonyl (C=O) groups is 3. The number of ether oxygens (including phenoxy) is 4. The van der Waals surface area contributed by atoms with Crippen molar-refractivity contribution in [3.63, 3.8) is 0 Å². The van der Waals surface area contributed by atoms with Gasteiger partial charge in [0.2, 0.25) is 11.9 Å². The van der Waals surface area contributed by atoms with E-state index in [1.165, 1.54) is 6.92 Å². The Labute approximate surface area is 171 Å². The van der Waals surface area contributed by atoms with Crippen LogP contribution in [0.3, 0.4) is 0 Å². The quantitative estimate of drug-likeness (QED) is 0.314. The monoisotopic (exact) mass is 424 g/mol. The van der Waals surface area contributed by atoms with E-state index in [2.05, 4.69) is 0 Å². The summed E-state index contributed by atoms with van der Waals surface area (Å²) in [7, 11) is 0. The van der Waals surface area contributed by atoms with Crippen molar-refractivity contribution in [1.82, 2.24) is 0 Å². The van der Waals surface area contributed by atoms with E-state index in [9.17, 15) is 29.7 Å². The molecule has 4 saturated heterocycles. The van der Waals surface area contributed by atoms with Crippen LogP contribution in [0.4, 0.5) is 0 Å². The SMILES string of the molecule is C[C@@H]1C(=O)O[C@H]2[C@H](O)[C@]34[C@H]5C[C@@H](C(C)(C)C)[C@@]36[C@@H](OC(=O)[C@H]6O)O[C@]4(C(=O)O5)[C@@]12O. The summed E-state index contributed by atoms with van der Waals surface area (Å²) < 4.78 is 22.5. The van der Waals surface area contributed by atoms with Crippen molar-refractivity contribution >= 4 is 17.9 Å². The molecule has 2 saturated carbocycles. The van der Waals surface area contributed by atoms with Gasteiger partial charge in [0.25, 0.3) is 0 Å². The lowest BCUT2D eigenvalue weighted by atomic mass is 9.51. The van der Waals surface area contributed by atoms with Gasteiger partial charge in [-0.05, 0) is 24.7 Å². The second-order valence-corrected chi connectivity index (χ2v) is 10.7. The van der Waals surface area contributed by atoms with Crippen LogP contribution < -0.4 is 0 Å². The van der Waals surface area contributed by atoms with Gasteiger partial charge in [-0.2, -0.15) is 0 Å². The molecule has 0 radical (unpaired) electrons. The molecular formula is C20H24O10. The lowest BCUT2D eigenvalue weighted by Crippen LogP contribution is -2.67. The third-order valence-electron chi connectivity index (χ3n) is 9.00. The molecule has 0 amide bonds. The van der Waals surface area contributed by atoms with Gasteiger partial charge in [-0.15, -0.1) is 0 Å². The molecule has 164 valence electrons. The highest BCUT2D eigenvalue weighted by Crippen LogP contribution is 2.84. The van der Waals surface area contributed by atoms with Crippen LogP contribution in [0.25, 0.3) is 0 Å². The van der Waals surface area contributed by atoms with Crippen LogP contribution in [-0.2, 0) is 33.3 Å². The predicted molar refractivity (Wildman–Crippen MR) is 92.0 cm³/mol. The lowest BCUT2D eigenvalue weighted by Gasteiger charge is -2.47. The van der Waals surface area contributed by atoms with Gasteiger partial charge >= 0.3 is 17.9 Å². The molecular weight excluding hydrogens is 400 g/mol. The van der Waals surface area contributed by atoms with E-state index in [1.54, 1.807) is 0 Å². The van der Waals surface area contributed by atoms with E-state index >= 15 is 0 Å². The maximum Gasteiger partial charge on any atom is 0.343 e. The van der Waals surface area contributed by atoms with Crippen LogP contribution in [-0.4, -0.2) is 75.1 Å². The molecule has 0 aromatic heterocycles. The smallest absolute Gasteiger partial charge is 0.343 e. The average Bonchev–Trinajstić information content (AvgIpc) is 3.35. The average molecular weight is 424 g/mol. The van der Waals surface area contributed by atoms with Gasteiger partial charge in [0.15, 0.2) is 17.8 Å². The fourth-order valence-corrected chi connectivity index (χ4v) is 8.12. The van der Waals surface area contributed by atoms with E-state index in [4.69, 9.17) is 18.9 Å². The zero-order valence-corrected chi connectivity index (χ0v) is 16.9. The number of aliphatic hydroxyl groups is 3. The molecule has 3 N–H and O–H groups in total. The Morgan fingerprint density at radius 1 is 1.03 bits per heavy atom. The molecule has 6 aliphatic rings. The summed E-state index contributed by atoms with van der Waals surface area (Å²) in [5.41, 5.74) is -8.26. The summed E-state index contributed by atoms with van der Waals surface area (Å²) in [6.07, 6.45) is -6.91. The number of hydrogen-bond acceptors (Lipinski definition) is 10. The Balaban J connectivity index is 1.72. The first-order chi connectivity index (χ1) is 13.8. The van der Waals surface area contributed by atoms with Crippen LogP contribution in [0.15, 0.2) is 0 Å². The van der Waals surface area contributed by atoms with Crippen molar-refractivity contribution in [3.05, 3.63) is 0 Å². The number of esters is 3. The number of aliphatic hydroxyl groups excluding tert-OH is 2. The third kappa shape index (κ3) is 1.33. The van der Waals surface area contributed by atoms with E-state index in [0.29, 0.717) is 0 Å². The largest absolute Gasteiger partial charge is 0.459 e. The zero-order valence-electron chi connectivity index (χ0n) is 16.9. The fraction of sp³-hybridized carbons (Fsp3) is 0.850. The van der Waals surface area contributed by atoms with Crippen molar-refractivity contribution in [2.45, 2.75) is 76.0 Å². The highest BCUT2D eigenvalue weighted by molar-refractivity contribution is 5.94. The molecule has 0 aromatic rings. The van der Waals surface area contributed by atoms with Gasteiger partial charge < -0.3 is 34.3 Å². The lowest BCUT2D eigenvalue weighted by molar-refractivity contribution is -0.239. The minimum atomic E-state index is -2.24. The van der Waals surface area contributed by atoms with Crippen molar-refractivity contribution in [3.8, 4) is 0 Å². The molecule has 2 spiro atoms. The molecule has 4 aliphatic heterocycles. The van der Waals surface area contributed by atoms with Crippen molar-refractivity contribution in [1.29, 1.82) is 0 Å². The molecule has 30 heavy (non-hydrogen) atoms. The first kappa shape index (κ1) is 19.0. The van der Waals surface area contributed by atoms with Gasteiger partial charge in [-0.1, -0.05) is 20.8 Å². The summed E-state index contributed by atoms with van der Waals surface area (Å²) in [5, 5.41) is 34.7. The van der Waals surface area contributed by atoms with Gasteiger partial charge in [0.05, 0.1) is 16.7 Å².